The van der Waals surface area contributed by atoms with Crippen LogP contribution in [0.2, 0.25) is 0 Å². The van der Waals surface area contributed by atoms with Gasteiger partial charge in [0.15, 0.2) is 5.78 Å². The fourth-order valence-corrected chi connectivity index (χ4v) is 7.58. The van der Waals surface area contributed by atoms with E-state index in [9.17, 15) is 15.3 Å². The first-order chi connectivity index (χ1) is 15.9. The molecule has 1 atom stereocenters. The second-order valence-electron chi connectivity index (χ2n) is 9.89. The zero-order valence-corrected chi connectivity index (χ0v) is 20.5. The third kappa shape index (κ3) is 3.51. The van der Waals surface area contributed by atoms with Crippen LogP contribution in [-0.4, -0.2) is 5.78 Å². The Morgan fingerprint density at radius 1 is 1.15 bits per heavy atom. The SMILES string of the molecule is CC1(C)CC(=O)C2=C(C1)N(c1sc3c(c1C#N)CCCCC3)C(N)=C(C#N)C2c1ccsc1. The number of nitriles is 2. The van der Waals surface area contributed by atoms with Gasteiger partial charge in [-0.05, 0) is 65.5 Å². The molecule has 5 nitrogen and oxygen atoms in total. The molecule has 168 valence electrons. The van der Waals surface area contributed by atoms with Crippen molar-refractivity contribution in [3.05, 3.63) is 61.1 Å². The lowest BCUT2D eigenvalue weighted by molar-refractivity contribution is -0.118. The average molecular weight is 475 g/mol. The Balaban J connectivity index is 1.78. The third-order valence-electron chi connectivity index (χ3n) is 6.98. The minimum absolute atomic E-state index is 0.0688. The molecular formula is C26H26N4OS2. The number of allylic oxidation sites excluding steroid dienone is 3. The number of carbonyl (C=O) groups is 1. The molecule has 0 radical (unpaired) electrons. The minimum Gasteiger partial charge on any atom is -0.384 e. The van der Waals surface area contributed by atoms with Gasteiger partial charge < -0.3 is 5.73 Å². The Morgan fingerprint density at radius 3 is 2.64 bits per heavy atom. The summed E-state index contributed by atoms with van der Waals surface area (Å²) in [7, 11) is 0. The number of aryl methyl sites for hydroxylation is 1. The number of nitrogens with zero attached hydrogens (tertiary/aromatic N) is 3. The molecule has 0 saturated carbocycles. The zero-order chi connectivity index (χ0) is 23.3. The fraction of sp³-hybridized carbons (Fsp3) is 0.423. The maximum atomic E-state index is 13.6. The standard InChI is InChI=1S/C26H26N4OS2/c1-26(2)10-19-23(20(31)11-26)22(15-8-9-32-14-15)18(13-28)24(29)30(19)25-17(12-27)16-6-4-3-5-7-21(16)33-25/h8-9,14,22H,3-7,10-11,29H2,1-2H3. The molecule has 1 unspecified atom stereocenters. The fourth-order valence-electron chi connectivity index (χ4n) is 5.51. The lowest BCUT2D eigenvalue weighted by Gasteiger charge is -2.43. The molecule has 0 bridgehead atoms. The molecule has 0 amide bonds. The van der Waals surface area contributed by atoms with Gasteiger partial charge in [-0.1, -0.05) is 20.3 Å². The van der Waals surface area contributed by atoms with Gasteiger partial charge in [-0.2, -0.15) is 21.9 Å². The summed E-state index contributed by atoms with van der Waals surface area (Å²) >= 11 is 3.16. The molecule has 3 aliphatic rings. The Kier molecular flexibility index (Phi) is 5.43. The Labute approximate surface area is 202 Å². The molecule has 2 aliphatic carbocycles. The van der Waals surface area contributed by atoms with Gasteiger partial charge in [0.25, 0.3) is 0 Å². The largest absolute Gasteiger partial charge is 0.384 e. The molecule has 0 spiro atoms. The molecule has 7 heteroatoms. The van der Waals surface area contributed by atoms with Gasteiger partial charge >= 0.3 is 0 Å². The monoisotopic (exact) mass is 474 g/mol. The molecule has 2 aromatic heterocycles. The van der Waals surface area contributed by atoms with Crippen molar-refractivity contribution in [3.63, 3.8) is 0 Å². The molecule has 1 aliphatic heterocycles. The first-order valence-electron chi connectivity index (χ1n) is 11.4. The van der Waals surface area contributed by atoms with Crippen molar-refractivity contribution in [3.8, 4) is 12.1 Å². The van der Waals surface area contributed by atoms with Crippen molar-refractivity contribution < 1.29 is 4.79 Å². The highest BCUT2D eigenvalue weighted by atomic mass is 32.1. The summed E-state index contributed by atoms with van der Waals surface area (Å²) in [6.07, 6.45) is 6.33. The van der Waals surface area contributed by atoms with E-state index in [1.165, 1.54) is 11.3 Å². The van der Waals surface area contributed by atoms with E-state index in [1.807, 2.05) is 21.7 Å². The molecule has 0 aromatic carbocycles. The van der Waals surface area contributed by atoms with Gasteiger partial charge in [-0.25, -0.2) is 0 Å². The normalized spacial score (nSPS) is 22.4. The smallest absolute Gasteiger partial charge is 0.162 e. The number of fused-ring (bicyclic) bond motifs is 1. The van der Waals surface area contributed by atoms with Crippen LogP contribution in [0, 0.1) is 28.1 Å². The summed E-state index contributed by atoms with van der Waals surface area (Å²) in [5, 5.41) is 25.1. The van der Waals surface area contributed by atoms with Crippen LogP contribution in [0.4, 0.5) is 5.00 Å². The van der Waals surface area contributed by atoms with E-state index in [4.69, 9.17) is 5.73 Å². The van der Waals surface area contributed by atoms with E-state index in [1.54, 1.807) is 22.7 Å². The highest BCUT2D eigenvalue weighted by molar-refractivity contribution is 7.16. The number of nitrogens with two attached hydrogens (primary N) is 1. The predicted octanol–water partition coefficient (Wildman–Crippen LogP) is 5.89. The van der Waals surface area contributed by atoms with E-state index in [0.717, 1.165) is 47.5 Å². The Hall–Kier alpha value is -2.87. The lowest BCUT2D eigenvalue weighted by Crippen LogP contribution is -2.42. The van der Waals surface area contributed by atoms with Crippen LogP contribution in [-0.2, 0) is 17.6 Å². The number of ketones is 1. The van der Waals surface area contributed by atoms with E-state index in [-0.39, 0.29) is 11.2 Å². The number of rotatable bonds is 2. The van der Waals surface area contributed by atoms with Crippen LogP contribution in [0.25, 0.3) is 0 Å². The second kappa shape index (κ2) is 8.17. The highest BCUT2D eigenvalue weighted by Gasteiger charge is 2.45. The second-order valence-corrected chi connectivity index (χ2v) is 11.8. The summed E-state index contributed by atoms with van der Waals surface area (Å²) in [4.78, 5) is 16.7. The summed E-state index contributed by atoms with van der Waals surface area (Å²) in [6.45, 7) is 4.20. The molecule has 0 saturated heterocycles. The van der Waals surface area contributed by atoms with Crippen LogP contribution in [0.5, 0.6) is 0 Å². The molecule has 3 heterocycles. The number of Topliss-reactive ketones (excluding diaryl/α,β-unsaturated/α-hetero) is 1. The Bertz CT molecular complexity index is 1280. The van der Waals surface area contributed by atoms with Gasteiger partial charge in [-0.3, -0.25) is 9.69 Å². The van der Waals surface area contributed by atoms with Crippen molar-refractivity contribution in [1.82, 2.24) is 0 Å². The molecular weight excluding hydrogens is 448 g/mol. The number of hydrogen-bond acceptors (Lipinski definition) is 7. The number of carbonyl (C=O) groups excluding carboxylic acids is 1. The quantitative estimate of drug-likeness (QED) is 0.548. The van der Waals surface area contributed by atoms with E-state index >= 15 is 0 Å². The number of hydrogen-bond donors (Lipinski definition) is 1. The van der Waals surface area contributed by atoms with Crippen LogP contribution in [0.1, 0.15) is 73.4 Å². The van der Waals surface area contributed by atoms with Gasteiger partial charge in [-0.15, -0.1) is 11.3 Å². The van der Waals surface area contributed by atoms with Crippen molar-refractivity contribution >= 4 is 33.5 Å². The van der Waals surface area contributed by atoms with Gasteiger partial charge in [0, 0.05) is 22.6 Å². The molecule has 2 N–H and O–H groups in total. The van der Waals surface area contributed by atoms with Crippen molar-refractivity contribution in [1.29, 1.82) is 10.5 Å². The summed E-state index contributed by atoms with van der Waals surface area (Å²) < 4.78 is 0. The number of thiophene rings is 2. The van der Waals surface area contributed by atoms with Gasteiger partial charge in [0.05, 0.1) is 23.1 Å². The van der Waals surface area contributed by atoms with Crippen molar-refractivity contribution in [2.75, 3.05) is 4.90 Å². The summed E-state index contributed by atoms with van der Waals surface area (Å²) in [5.74, 6) is -0.0235. The molecule has 5 rings (SSSR count). The van der Waals surface area contributed by atoms with Crippen molar-refractivity contribution in [2.24, 2.45) is 11.1 Å². The predicted molar refractivity (Wildman–Crippen MR) is 132 cm³/mol. The molecule has 0 fully saturated rings. The molecule has 2 aromatic rings. The molecule has 33 heavy (non-hydrogen) atoms. The third-order valence-corrected chi connectivity index (χ3v) is 8.95. The average Bonchev–Trinajstić information content (AvgIpc) is 3.34. The maximum absolute atomic E-state index is 13.6. The minimum atomic E-state index is -0.445. The first-order valence-corrected chi connectivity index (χ1v) is 13.1. The van der Waals surface area contributed by atoms with Crippen LogP contribution in [0.3, 0.4) is 0 Å². The Morgan fingerprint density at radius 2 is 1.94 bits per heavy atom. The maximum Gasteiger partial charge on any atom is 0.162 e. The van der Waals surface area contributed by atoms with E-state index < -0.39 is 5.92 Å². The first kappa shape index (κ1) is 21.9. The van der Waals surface area contributed by atoms with E-state index in [2.05, 4.69) is 26.0 Å². The zero-order valence-electron chi connectivity index (χ0n) is 18.9. The highest BCUT2D eigenvalue weighted by Crippen LogP contribution is 2.52. The topological polar surface area (TPSA) is 93.9 Å². The number of anilines is 1. The van der Waals surface area contributed by atoms with Crippen LogP contribution in [0.15, 0.2) is 39.5 Å². The van der Waals surface area contributed by atoms with Crippen molar-refractivity contribution in [2.45, 2.75) is 64.7 Å². The summed E-state index contributed by atoms with van der Waals surface area (Å²) in [6, 6.07) is 6.75. The summed E-state index contributed by atoms with van der Waals surface area (Å²) in [5.41, 5.74) is 11.2. The lowest BCUT2D eigenvalue weighted by atomic mass is 9.69. The van der Waals surface area contributed by atoms with Crippen LogP contribution < -0.4 is 10.6 Å². The van der Waals surface area contributed by atoms with Crippen LogP contribution >= 0.6 is 22.7 Å². The van der Waals surface area contributed by atoms with Gasteiger partial charge in [0.1, 0.15) is 16.9 Å². The van der Waals surface area contributed by atoms with Gasteiger partial charge in [0.2, 0.25) is 0 Å². The van der Waals surface area contributed by atoms with E-state index in [0.29, 0.717) is 35.4 Å².